The van der Waals surface area contributed by atoms with Crippen LogP contribution in [0.3, 0.4) is 0 Å². The first-order valence-corrected chi connectivity index (χ1v) is 13.1. The Bertz CT molecular complexity index is 1400. The zero-order chi connectivity index (χ0) is 26.9. The lowest BCUT2D eigenvalue weighted by Gasteiger charge is -2.15. The average Bonchev–Trinajstić information content (AvgIpc) is 3.21. The lowest BCUT2D eigenvalue weighted by atomic mass is 10.1. The molecule has 0 radical (unpaired) electrons. The number of para-hydroxylation sites is 1. The van der Waals surface area contributed by atoms with Gasteiger partial charge in [0.2, 0.25) is 0 Å². The molecule has 4 rings (SSSR count). The maximum Gasteiger partial charge on any atom is 0.266 e. The molecule has 0 N–H and O–H groups in total. The highest BCUT2D eigenvalue weighted by Crippen LogP contribution is 2.40. The third-order valence-corrected chi connectivity index (χ3v) is 6.88. The van der Waals surface area contributed by atoms with E-state index in [1.165, 1.54) is 18.9 Å². The van der Waals surface area contributed by atoms with E-state index < -0.39 is 0 Å². The molecule has 1 saturated heterocycles. The molecular formula is C29H26ClN3O4S. The molecule has 7 nitrogen and oxygen atoms in total. The predicted molar refractivity (Wildman–Crippen MR) is 151 cm³/mol. The van der Waals surface area contributed by atoms with Crippen LogP contribution in [0.25, 0.3) is 6.08 Å². The number of rotatable bonds is 10. The summed E-state index contributed by atoms with van der Waals surface area (Å²) in [7, 11) is 1.52. The van der Waals surface area contributed by atoms with Crippen molar-refractivity contribution in [1.29, 1.82) is 5.26 Å². The van der Waals surface area contributed by atoms with Crippen molar-refractivity contribution >= 4 is 46.2 Å². The Labute approximate surface area is 231 Å². The number of carbonyl (C=O) groups is 1. The van der Waals surface area contributed by atoms with Gasteiger partial charge in [-0.05, 0) is 60.7 Å². The minimum Gasteiger partial charge on any atom is -0.493 e. The summed E-state index contributed by atoms with van der Waals surface area (Å²) in [4.78, 5) is 20.1. The zero-order valence-corrected chi connectivity index (χ0v) is 22.6. The highest BCUT2D eigenvalue weighted by molar-refractivity contribution is 8.18. The fourth-order valence-corrected chi connectivity index (χ4v) is 5.02. The van der Waals surface area contributed by atoms with Crippen LogP contribution in [0.2, 0.25) is 5.02 Å². The second-order valence-electron chi connectivity index (χ2n) is 8.09. The van der Waals surface area contributed by atoms with E-state index in [-0.39, 0.29) is 12.5 Å². The molecule has 38 heavy (non-hydrogen) atoms. The Morgan fingerprint density at radius 1 is 1.13 bits per heavy atom. The van der Waals surface area contributed by atoms with Gasteiger partial charge < -0.3 is 14.2 Å². The molecule has 1 amide bonds. The van der Waals surface area contributed by atoms with Gasteiger partial charge in [-0.15, -0.1) is 0 Å². The number of benzene rings is 3. The molecule has 9 heteroatoms. The molecule has 1 aliphatic rings. The highest BCUT2D eigenvalue weighted by atomic mass is 35.5. The number of thioether (sulfide) groups is 1. The summed E-state index contributed by atoms with van der Waals surface area (Å²) in [6.45, 7) is 3.44. The number of aliphatic imine (C=N–C) groups is 1. The van der Waals surface area contributed by atoms with E-state index >= 15 is 0 Å². The van der Waals surface area contributed by atoms with Gasteiger partial charge in [0.25, 0.3) is 5.91 Å². The Morgan fingerprint density at radius 3 is 2.63 bits per heavy atom. The Morgan fingerprint density at radius 2 is 1.89 bits per heavy atom. The normalized spacial score (nSPS) is 15.2. The minimum atomic E-state index is -0.159. The molecule has 0 bridgehead atoms. The average molecular weight is 548 g/mol. The van der Waals surface area contributed by atoms with Crippen LogP contribution in [0.5, 0.6) is 11.5 Å². The quantitative estimate of drug-likeness (QED) is 0.214. The Kier molecular flexibility index (Phi) is 9.44. The molecule has 0 aliphatic carbocycles. The molecule has 3 aromatic carbocycles. The standard InChI is InChI=1S/C29H26ClN3O4S/c1-3-36-14-13-33-28(34)26(38-29(33)32-23-11-5-4-6-12-23)17-20-15-24(30)27(25(16-20)35-2)37-19-22-10-8-7-9-21(22)18-31/h4-12,15-17H,3,13-14,19H2,1-2H3/b26-17-,32-29?. The summed E-state index contributed by atoms with van der Waals surface area (Å²) in [6, 6.07) is 22.3. The number of hydrogen-bond donors (Lipinski definition) is 0. The van der Waals surface area contributed by atoms with Crippen molar-refractivity contribution < 1.29 is 19.0 Å². The Balaban J connectivity index is 1.60. The van der Waals surface area contributed by atoms with Crippen LogP contribution < -0.4 is 9.47 Å². The van der Waals surface area contributed by atoms with Crippen molar-refractivity contribution in [1.82, 2.24) is 4.90 Å². The van der Waals surface area contributed by atoms with Gasteiger partial charge in [-0.1, -0.05) is 48.0 Å². The summed E-state index contributed by atoms with van der Waals surface area (Å²) in [5, 5.41) is 10.2. The van der Waals surface area contributed by atoms with Gasteiger partial charge in [-0.25, -0.2) is 4.99 Å². The van der Waals surface area contributed by atoms with Crippen molar-refractivity contribution in [3.05, 3.63) is 93.3 Å². The second kappa shape index (κ2) is 13.2. The van der Waals surface area contributed by atoms with E-state index in [2.05, 4.69) is 11.1 Å². The molecule has 0 aromatic heterocycles. The smallest absolute Gasteiger partial charge is 0.266 e. The van der Waals surface area contributed by atoms with Crippen molar-refractivity contribution in [2.24, 2.45) is 4.99 Å². The van der Waals surface area contributed by atoms with Crippen molar-refractivity contribution in [3.8, 4) is 17.6 Å². The van der Waals surface area contributed by atoms with Gasteiger partial charge in [0.1, 0.15) is 6.61 Å². The van der Waals surface area contributed by atoms with E-state index in [9.17, 15) is 10.1 Å². The van der Waals surface area contributed by atoms with E-state index in [0.717, 1.165) is 11.3 Å². The minimum absolute atomic E-state index is 0.155. The molecule has 1 heterocycles. The third kappa shape index (κ3) is 6.56. The van der Waals surface area contributed by atoms with Gasteiger partial charge >= 0.3 is 0 Å². The van der Waals surface area contributed by atoms with Crippen molar-refractivity contribution in [2.45, 2.75) is 13.5 Å². The summed E-state index contributed by atoms with van der Waals surface area (Å²) in [5.74, 6) is 0.618. The predicted octanol–water partition coefficient (Wildman–Crippen LogP) is 6.44. The topological polar surface area (TPSA) is 84.1 Å². The van der Waals surface area contributed by atoms with Crippen LogP contribution in [0.4, 0.5) is 5.69 Å². The van der Waals surface area contributed by atoms with Crippen LogP contribution in [0.15, 0.2) is 76.6 Å². The zero-order valence-electron chi connectivity index (χ0n) is 21.0. The summed E-state index contributed by atoms with van der Waals surface area (Å²) in [5.41, 5.74) is 2.71. The van der Waals surface area contributed by atoms with Gasteiger partial charge in [-0.2, -0.15) is 5.26 Å². The highest BCUT2D eigenvalue weighted by Gasteiger charge is 2.33. The van der Waals surface area contributed by atoms with E-state index in [4.69, 9.17) is 25.8 Å². The molecule has 1 aliphatic heterocycles. The fraction of sp³-hybridized carbons (Fsp3) is 0.207. The molecule has 194 valence electrons. The SMILES string of the molecule is CCOCCN1C(=O)/C(=C/c2cc(Cl)c(OCc3ccccc3C#N)c(OC)c2)SC1=Nc1ccccc1. The molecule has 0 saturated carbocycles. The summed E-state index contributed by atoms with van der Waals surface area (Å²) < 4.78 is 17.0. The number of ether oxygens (including phenoxy) is 3. The number of nitriles is 1. The van der Waals surface area contributed by atoms with Gasteiger partial charge in [0, 0.05) is 12.2 Å². The number of amidine groups is 1. The van der Waals surface area contributed by atoms with Crippen molar-refractivity contribution in [3.63, 3.8) is 0 Å². The molecule has 3 aromatic rings. The second-order valence-corrected chi connectivity index (χ2v) is 9.50. The first kappa shape index (κ1) is 27.3. The summed E-state index contributed by atoms with van der Waals surface area (Å²) in [6.07, 6.45) is 1.76. The number of carbonyl (C=O) groups excluding carboxylic acids is 1. The third-order valence-electron chi connectivity index (χ3n) is 5.59. The van der Waals surface area contributed by atoms with Crippen molar-refractivity contribution in [2.75, 3.05) is 26.9 Å². The number of halogens is 1. The maximum atomic E-state index is 13.3. The Hall–Kier alpha value is -3.77. The van der Waals surface area contributed by atoms with Crippen LogP contribution in [-0.2, 0) is 16.1 Å². The monoisotopic (exact) mass is 547 g/mol. The van der Waals surface area contributed by atoms with Crippen LogP contribution in [-0.4, -0.2) is 42.8 Å². The van der Waals surface area contributed by atoms with Crippen LogP contribution >= 0.6 is 23.4 Å². The van der Waals surface area contributed by atoms with E-state index in [1.807, 2.05) is 49.4 Å². The first-order chi connectivity index (χ1) is 18.5. The van der Waals surface area contributed by atoms with Gasteiger partial charge in [-0.3, -0.25) is 9.69 Å². The maximum absolute atomic E-state index is 13.3. The molecule has 1 fully saturated rings. The first-order valence-electron chi connectivity index (χ1n) is 11.9. The fourth-order valence-electron chi connectivity index (χ4n) is 3.72. The molecule has 0 spiro atoms. The van der Waals surface area contributed by atoms with E-state index in [0.29, 0.717) is 57.5 Å². The lowest BCUT2D eigenvalue weighted by Crippen LogP contribution is -2.32. The number of nitrogens with zero attached hydrogens (tertiary/aromatic N) is 3. The number of hydrogen-bond acceptors (Lipinski definition) is 7. The number of methoxy groups -OCH3 is 1. The van der Waals surface area contributed by atoms with Crippen LogP contribution in [0, 0.1) is 11.3 Å². The van der Waals surface area contributed by atoms with Crippen LogP contribution in [0.1, 0.15) is 23.6 Å². The lowest BCUT2D eigenvalue weighted by molar-refractivity contribution is -0.122. The summed E-state index contributed by atoms with van der Waals surface area (Å²) >= 11 is 7.88. The largest absolute Gasteiger partial charge is 0.493 e. The van der Waals surface area contributed by atoms with E-state index in [1.54, 1.807) is 35.2 Å². The van der Waals surface area contributed by atoms with Gasteiger partial charge in [0.15, 0.2) is 16.7 Å². The molecule has 0 atom stereocenters. The van der Waals surface area contributed by atoms with Gasteiger partial charge in [0.05, 0.1) is 47.5 Å². The molecule has 0 unspecified atom stereocenters. The number of amides is 1. The molecular weight excluding hydrogens is 522 g/mol.